The number of carboxylic acids is 1. The highest BCUT2D eigenvalue weighted by atomic mass is 32.2. The summed E-state index contributed by atoms with van der Waals surface area (Å²) in [5.41, 5.74) is -0.974. The Morgan fingerprint density at radius 3 is 1.87 bits per heavy atom. The highest BCUT2D eigenvalue weighted by Crippen LogP contribution is 2.18. The molecule has 0 aromatic heterocycles. The summed E-state index contributed by atoms with van der Waals surface area (Å²) in [6.45, 7) is 7.78. The van der Waals surface area contributed by atoms with Crippen molar-refractivity contribution in [2.75, 3.05) is 0 Å². The first-order valence-electron chi connectivity index (χ1n) is 4.63. The van der Waals surface area contributed by atoms with E-state index in [0.29, 0.717) is 0 Å². The van der Waals surface area contributed by atoms with E-state index in [9.17, 15) is 13.2 Å². The molecular weight excluding hydrogens is 218 g/mol. The summed E-state index contributed by atoms with van der Waals surface area (Å²) in [4.78, 5) is 10.5. The van der Waals surface area contributed by atoms with Crippen LogP contribution >= 0.6 is 0 Å². The number of carbonyl (C=O) groups is 1. The average Bonchev–Trinajstić information content (AvgIpc) is 1.75. The molecule has 0 amide bonds. The summed E-state index contributed by atoms with van der Waals surface area (Å²) >= 11 is 0. The molecule has 0 saturated heterocycles. The van der Waals surface area contributed by atoms with Gasteiger partial charge >= 0.3 is 5.97 Å². The molecule has 90 valence electrons. The van der Waals surface area contributed by atoms with E-state index in [4.69, 9.17) is 5.11 Å². The molecule has 0 aromatic carbocycles. The quantitative estimate of drug-likeness (QED) is 0.762. The maximum Gasteiger partial charge on any atom is 0.305 e. The van der Waals surface area contributed by atoms with Crippen molar-refractivity contribution in [3.8, 4) is 0 Å². The van der Waals surface area contributed by atoms with Crippen LogP contribution in [0.5, 0.6) is 0 Å². The lowest BCUT2D eigenvalue weighted by Gasteiger charge is -2.29. The van der Waals surface area contributed by atoms with Crippen molar-refractivity contribution in [3.05, 3.63) is 0 Å². The molecular formula is C9H19NO4S. The van der Waals surface area contributed by atoms with Crippen LogP contribution in [0.4, 0.5) is 0 Å². The molecule has 0 aliphatic carbocycles. The molecule has 0 aliphatic rings. The molecule has 0 unspecified atom stereocenters. The number of hydrogen-bond donors (Lipinski definition) is 2. The van der Waals surface area contributed by atoms with E-state index in [1.165, 1.54) is 0 Å². The number of rotatable bonds is 4. The Morgan fingerprint density at radius 2 is 1.60 bits per heavy atom. The highest BCUT2D eigenvalue weighted by molar-refractivity contribution is 7.90. The third-order valence-electron chi connectivity index (χ3n) is 1.81. The lowest BCUT2D eigenvalue weighted by atomic mass is 10.0. The minimum absolute atomic E-state index is 0.248. The fraction of sp³-hybridized carbons (Fsp3) is 0.889. The monoisotopic (exact) mass is 237 g/mol. The zero-order chi connectivity index (χ0) is 12.5. The van der Waals surface area contributed by atoms with Crippen LogP contribution in [0.15, 0.2) is 0 Å². The van der Waals surface area contributed by atoms with E-state index in [2.05, 4.69) is 4.72 Å². The summed E-state index contributed by atoms with van der Waals surface area (Å²) in [6.07, 6.45) is -0.248. The van der Waals surface area contributed by atoms with Gasteiger partial charge in [0.15, 0.2) is 0 Å². The van der Waals surface area contributed by atoms with Gasteiger partial charge in [-0.3, -0.25) is 4.79 Å². The fourth-order valence-corrected chi connectivity index (χ4v) is 2.04. The van der Waals surface area contributed by atoms with Gasteiger partial charge in [-0.1, -0.05) is 0 Å². The minimum atomic E-state index is -3.51. The van der Waals surface area contributed by atoms with Crippen LogP contribution in [0.1, 0.15) is 41.0 Å². The Morgan fingerprint density at radius 1 is 1.20 bits per heavy atom. The Hall–Kier alpha value is -0.620. The second-order valence-corrected chi connectivity index (χ2v) is 7.61. The zero-order valence-electron chi connectivity index (χ0n) is 9.79. The number of carboxylic acid groups (broad SMARTS) is 1. The van der Waals surface area contributed by atoms with Crippen molar-refractivity contribution < 1.29 is 18.3 Å². The van der Waals surface area contributed by atoms with Crippen LogP contribution < -0.4 is 4.72 Å². The first-order valence-corrected chi connectivity index (χ1v) is 6.11. The normalized spacial score (nSPS) is 13.9. The second-order valence-electron chi connectivity index (χ2n) is 5.17. The van der Waals surface area contributed by atoms with Crippen LogP contribution in [0.25, 0.3) is 0 Å². The molecule has 0 aliphatic heterocycles. The van der Waals surface area contributed by atoms with Gasteiger partial charge in [-0.2, -0.15) is 0 Å². The molecule has 5 nitrogen and oxygen atoms in total. The van der Waals surface area contributed by atoms with E-state index < -0.39 is 26.3 Å². The van der Waals surface area contributed by atoms with Crippen LogP contribution in [0, 0.1) is 0 Å². The lowest BCUT2D eigenvalue weighted by Crippen LogP contribution is -2.50. The molecule has 2 N–H and O–H groups in total. The van der Waals surface area contributed by atoms with Gasteiger partial charge in [-0.25, -0.2) is 13.1 Å². The zero-order valence-corrected chi connectivity index (χ0v) is 10.6. The molecule has 0 radical (unpaired) electrons. The van der Waals surface area contributed by atoms with Gasteiger partial charge in [0, 0.05) is 5.54 Å². The summed E-state index contributed by atoms with van der Waals surface area (Å²) in [6, 6.07) is 0. The van der Waals surface area contributed by atoms with Crippen LogP contribution in [-0.4, -0.2) is 29.8 Å². The van der Waals surface area contributed by atoms with Crippen LogP contribution in [0.2, 0.25) is 0 Å². The molecule has 0 bridgehead atoms. The van der Waals surface area contributed by atoms with Crippen molar-refractivity contribution in [1.29, 1.82) is 0 Å². The molecule has 0 spiro atoms. The van der Waals surface area contributed by atoms with Gasteiger partial charge in [-0.15, -0.1) is 0 Å². The summed E-state index contributed by atoms with van der Waals surface area (Å²) in [5.74, 6) is -1.03. The SMILES string of the molecule is CC(C)(CC(=O)O)NS(=O)(=O)C(C)(C)C. The molecule has 0 heterocycles. The molecule has 0 rings (SSSR count). The number of aliphatic carboxylic acids is 1. The van der Waals surface area contributed by atoms with Crippen LogP contribution in [0.3, 0.4) is 0 Å². The topological polar surface area (TPSA) is 83.5 Å². The average molecular weight is 237 g/mol. The standard InChI is InChI=1S/C9H19NO4S/c1-8(2,3)15(13,14)10-9(4,5)6-7(11)12/h10H,6H2,1-5H3,(H,11,12). The van der Waals surface area contributed by atoms with Gasteiger partial charge in [0.25, 0.3) is 0 Å². The first-order chi connectivity index (χ1) is 6.37. The van der Waals surface area contributed by atoms with Gasteiger partial charge in [0.1, 0.15) is 0 Å². The lowest BCUT2D eigenvalue weighted by molar-refractivity contribution is -0.138. The molecule has 0 aromatic rings. The van der Waals surface area contributed by atoms with E-state index in [1.54, 1.807) is 34.6 Å². The molecule has 0 atom stereocenters. The van der Waals surface area contributed by atoms with Crippen molar-refractivity contribution >= 4 is 16.0 Å². The summed E-state index contributed by atoms with van der Waals surface area (Å²) < 4.78 is 24.9. The number of hydrogen-bond acceptors (Lipinski definition) is 3. The minimum Gasteiger partial charge on any atom is -0.481 e. The van der Waals surface area contributed by atoms with Gasteiger partial charge in [0.05, 0.1) is 11.2 Å². The van der Waals surface area contributed by atoms with E-state index in [-0.39, 0.29) is 6.42 Å². The van der Waals surface area contributed by atoms with Crippen molar-refractivity contribution in [2.24, 2.45) is 0 Å². The molecule has 15 heavy (non-hydrogen) atoms. The largest absolute Gasteiger partial charge is 0.481 e. The first kappa shape index (κ1) is 14.4. The Bertz CT molecular complexity index is 338. The van der Waals surface area contributed by atoms with Crippen molar-refractivity contribution in [2.45, 2.75) is 51.3 Å². The van der Waals surface area contributed by atoms with Crippen molar-refractivity contribution in [3.63, 3.8) is 0 Å². The van der Waals surface area contributed by atoms with Gasteiger partial charge < -0.3 is 5.11 Å². The smallest absolute Gasteiger partial charge is 0.305 e. The van der Waals surface area contributed by atoms with Crippen molar-refractivity contribution in [1.82, 2.24) is 4.72 Å². The predicted octanol–water partition coefficient (Wildman–Crippen LogP) is 0.958. The van der Waals surface area contributed by atoms with Gasteiger partial charge in [-0.05, 0) is 34.6 Å². The third kappa shape index (κ3) is 4.61. The van der Waals surface area contributed by atoms with Crippen LogP contribution in [-0.2, 0) is 14.8 Å². The van der Waals surface area contributed by atoms with Gasteiger partial charge in [0.2, 0.25) is 10.0 Å². The molecule has 0 saturated carbocycles. The Balaban J connectivity index is 4.82. The Labute approximate surface area is 90.9 Å². The summed E-state index contributed by atoms with van der Waals surface area (Å²) in [7, 11) is -3.51. The second kappa shape index (κ2) is 4.09. The van der Waals surface area contributed by atoms with E-state index in [0.717, 1.165) is 0 Å². The Kier molecular flexibility index (Phi) is 3.93. The molecule has 6 heteroatoms. The van der Waals surface area contributed by atoms with E-state index in [1.807, 2.05) is 0 Å². The fourth-order valence-electron chi connectivity index (χ4n) is 0.931. The maximum absolute atomic E-state index is 11.7. The third-order valence-corrected chi connectivity index (χ3v) is 4.24. The summed E-state index contributed by atoms with van der Waals surface area (Å²) in [5, 5.41) is 8.61. The number of nitrogens with one attached hydrogen (secondary N) is 1. The van der Waals surface area contributed by atoms with E-state index >= 15 is 0 Å². The molecule has 0 fully saturated rings. The number of sulfonamides is 1. The maximum atomic E-state index is 11.7. The highest BCUT2D eigenvalue weighted by Gasteiger charge is 2.35. The predicted molar refractivity (Wildman–Crippen MR) is 58.1 cm³/mol.